The summed E-state index contributed by atoms with van der Waals surface area (Å²) in [5.74, 6) is 1.79. The molecular formula is C20H14Br2O. The van der Waals surface area contributed by atoms with Gasteiger partial charge in [-0.3, -0.25) is 0 Å². The molecule has 3 aromatic carbocycles. The second-order valence-corrected chi connectivity index (χ2v) is 7.53. The van der Waals surface area contributed by atoms with Crippen LogP contribution in [0, 0.1) is 0 Å². The molecule has 0 radical (unpaired) electrons. The van der Waals surface area contributed by atoms with Gasteiger partial charge in [-0.2, -0.15) is 0 Å². The van der Waals surface area contributed by atoms with E-state index in [-0.39, 0.29) is 5.41 Å². The van der Waals surface area contributed by atoms with Gasteiger partial charge in [0.2, 0.25) is 0 Å². The number of hydrogen-bond acceptors (Lipinski definition) is 1. The quantitative estimate of drug-likeness (QED) is 0.419. The smallest absolute Gasteiger partial charge is 0.146 e. The molecule has 0 saturated carbocycles. The molecule has 4 rings (SSSR count). The van der Waals surface area contributed by atoms with E-state index in [1.165, 1.54) is 5.56 Å². The molecule has 1 heterocycles. The van der Waals surface area contributed by atoms with Crippen molar-refractivity contribution in [3.63, 3.8) is 0 Å². The van der Waals surface area contributed by atoms with Crippen LogP contribution in [0.25, 0.3) is 0 Å². The minimum Gasteiger partial charge on any atom is -0.455 e. The summed E-state index contributed by atoms with van der Waals surface area (Å²) in [5, 5.41) is 0. The minimum absolute atomic E-state index is 0.284. The first-order chi connectivity index (χ1) is 11.1. The summed E-state index contributed by atoms with van der Waals surface area (Å²) in [4.78, 5) is 0. The topological polar surface area (TPSA) is 9.23 Å². The first kappa shape index (κ1) is 15.0. The summed E-state index contributed by atoms with van der Waals surface area (Å²) >= 11 is 7.37. The lowest BCUT2D eigenvalue weighted by Crippen LogP contribution is -2.30. The average Bonchev–Trinajstić information content (AvgIpc) is 2.57. The maximum atomic E-state index is 6.23. The van der Waals surface area contributed by atoms with Crippen molar-refractivity contribution < 1.29 is 4.74 Å². The molecule has 0 aromatic heterocycles. The average molecular weight is 430 g/mol. The fourth-order valence-corrected chi connectivity index (χ4v) is 4.59. The highest BCUT2D eigenvalue weighted by Crippen LogP contribution is 2.55. The van der Waals surface area contributed by atoms with Crippen LogP contribution < -0.4 is 4.74 Å². The van der Waals surface area contributed by atoms with Gasteiger partial charge >= 0.3 is 0 Å². The summed E-state index contributed by atoms with van der Waals surface area (Å²) in [6.07, 6.45) is 0. The highest BCUT2D eigenvalue weighted by atomic mass is 79.9. The maximum absolute atomic E-state index is 6.23. The van der Waals surface area contributed by atoms with Crippen molar-refractivity contribution in [1.29, 1.82) is 0 Å². The van der Waals surface area contributed by atoms with Crippen molar-refractivity contribution in [2.75, 3.05) is 0 Å². The zero-order chi connectivity index (χ0) is 16.0. The lowest BCUT2D eigenvalue weighted by molar-refractivity contribution is 0.423. The number of fused-ring (bicyclic) bond motifs is 2. The van der Waals surface area contributed by atoms with Crippen LogP contribution in [0.5, 0.6) is 11.5 Å². The molecular weight excluding hydrogens is 416 g/mol. The molecule has 1 atom stereocenters. The van der Waals surface area contributed by atoms with Gasteiger partial charge < -0.3 is 4.74 Å². The number of benzene rings is 3. The minimum atomic E-state index is -0.284. The molecule has 0 bridgehead atoms. The van der Waals surface area contributed by atoms with E-state index in [4.69, 9.17) is 4.74 Å². The first-order valence-electron chi connectivity index (χ1n) is 7.43. The predicted molar refractivity (Wildman–Crippen MR) is 100 cm³/mol. The molecule has 23 heavy (non-hydrogen) atoms. The van der Waals surface area contributed by atoms with Crippen molar-refractivity contribution in [2.45, 2.75) is 12.3 Å². The van der Waals surface area contributed by atoms with Gasteiger partial charge in [0, 0.05) is 15.6 Å². The largest absolute Gasteiger partial charge is 0.455 e. The standard InChI is InChI=1S/C20H14Br2O/c1-20(13-7-3-2-4-8-13)14-9-5-11-16(22)19(14)23-17-12-6-10-15(21)18(17)20/h2-12H,1H3. The van der Waals surface area contributed by atoms with Crippen LogP contribution in [-0.2, 0) is 5.41 Å². The molecule has 1 aliphatic rings. The van der Waals surface area contributed by atoms with Crippen LogP contribution in [0.3, 0.4) is 0 Å². The lowest BCUT2D eigenvalue weighted by Gasteiger charge is -2.39. The van der Waals surface area contributed by atoms with Crippen LogP contribution in [0.15, 0.2) is 75.7 Å². The summed E-state index contributed by atoms with van der Waals surface area (Å²) in [5.41, 5.74) is 3.29. The molecule has 0 fully saturated rings. The third kappa shape index (κ3) is 2.18. The molecule has 3 aromatic rings. The second kappa shape index (κ2) is 5.50. The zero-order valence-corrected chi connectivity index (χ0v) is 15.7. The summed E-state index contributed by atoms with van der Waals surface area (Å²) < 4.78 is 8.27. The number of halogens is 2. The predicted octanol–water partition coefficient (Wildman–Crippen LogP) is 6.67. The maximum Gasteiger partial charge on any atom is 0.146 e. The number of ether oxygens (including phenoxy) is 1. The van der Waals surface area contributed by atoms with Gasteiger partial charge in [0.05, 0.1) is 9.89 Å². The molecule has 1 unspecified atom stereocenters. The van der Waals surface area contributed by atoms with Crippen molar-refractivity contribution >= 4 is 31.9 Å². The van der Waals surface area contributed by atoms with Gasteiger partial charge in [-0.25, -0.2) is 0 Å². The Morgan fingerprint density at radius 2 is 1.48 bits per heavy atom. The Labute approximate surface area is 152 Å². The fraction of sp³-hybridized carbons (Fsp3) is 0.100. The van der Waals surface area contributed by atoms with E-state index in [1.807, 2.05) is 18.2 Å². The van der Waals surface area contributed by atoms with E-state index < -0.39 is 0 Å². The van der Waals surface area contributed by atoms with Gasteiger partial charge in [-0.1, -0.05) is 64.5 Å². The van der Waals surface area contributed by atoms with E-state index in [0.717, 1.165) is 31.6 Å². The fourth-order valence-electron chi connectivity index (χ4n) is 3.40. The van der Waals surface area contributed by atoms with Gasteiger partial charge in [-0.05, 0) is 46.6 Å². The molecule has 1 nitrogen and oxygen atoms in total. The summed E-state index contributed by atoms with van der Waals surface area (Å²) in [6, 6.07) is 22.9. The monoisotopic (exact) mass is 428 g/mol. The van der Waals surface area contributed by atoms with Gasteiger partial charge in [0.1, 0.15) is 11.5 Å². The normalized spacial score (nSPS) is 18.7. The Morgan fingerprint density at radius 1 is 0.783 bits per heavy atom. The molecule has 1 aliphatic heterocycles. The lowest BCUT2D eigenvalue weighted by atomic mass is 9.69. The van der Waals surface area contributed by atoms with Crippen molar-refractivity contribution in [3.05, 3.63) is 92.4 Å². The molecule has 0 saturated heterocycles. The molecule has 3 heteroatoms. The molecule has 0 N–H and O–H groups in total. The Morgan fingerprint density at radius 3 is 2.26 bits per heavy atom. The number of rotatable bonds is 1. The third-order valence-corrected chi connectivity index (χ3v) is 5.83. The Kier molecular flexibility index (Phi) is 3.58. The number of para-hydroxylation sites is 1. The van der Waals surface area contributed by atoms with Crippen LogP contribution in [-0.4, -0.2) is 0 Å². The Bertz CT molecular complexity index is 889. The Hall–Kier alpha value is -1.58. The summed E-state index contributed by atoms with van der Waals surface area (Å²) in [7, 11) is 0. The van der Waals surface area contributed by atoms with Gasteiger partial charge in [-0.15, -0.1) is 0 Å². The van der Waals surface area contributed by atoms with Crippen LogP contribution in [0.4, 0.5) is 0 Å². The highest BCUT2D eigenvalue weighted by molar-refractivity contribution is 9.10. The molecule has 0 spiro atoms. The van der Waals surface area contributed by atoms with Crippen LogP contribution in [0.2, 0.25) is 0 Å². The molecule has 114 valence electrons. The first-order valence-corrected chi connectivity index (χ1v) is 9.02. The van der Waals surface area contributed by atoms with E-state index in [9.17, 15) is 0 Å². The third-order valence-electron chi connectivity index (χ3n) is 4.54. The number of hydrogen-bond donors (Lipinski definition) is 0. The second-order valence-electron chi connectivity index (χ2n) is 5.82. The van der Waals surface area contributed by atoms with E-state index in [2.05, 4.69) is 87.3 Å². The zero-order valence-electron chi connectivity index (χ0n) is 12.5. The van der Waals surface area contributed by atoms with E-state index in [0.29, 0.717) is 0 Å². The Balaban J connectivity index is 2.12. The van der Waals surface area contributed by atoms with Gasteiger partial charge in [0.15, 0.2) is 0 Å². The van der Waals surface area contributed by atoms with Crippen LogP contribution in [0.1, 0.15) is 23.6 Å². The highest BCUT2D eigenvalue weighted by Gasteiger charge is 2.41. The van der Waals surface area contributed by atoms with Crippen molar-refractivity contribution in [2.24, 2.45) is 0 Å². The summed E-state index contributed by atoms with van der Waals surface area (Å²) in [6.45, 7) is 2.26. The van der Waals surface area contributed by atoms with Gasteiger partial charge in [0.25, 0.3) is 0 Å². The van der Waals surface area contributed by atoms with E-state index in [1.54, 1.807) is 0 Å². The van der Waals surface area contributed by atoms with Crippen LogP contribution >= 0.6 is 31.9 Å². The van der Waals surface area contributed by atoms with Crippen molar-refractivity contribution in [3.8, 4) is 11.5 Å². The molecule has 0 aliphatic carbocycles. The van der Waals surface area contributed by atoms with E-state index >= 15 is 0 Å². The molecule has 0 amide bonds. The SMILES string of the molecule is CC1(c2ccccc2)c2cccc(Br)c2Oc2cccc(Br)c21. The van der Waals surface area contributed by atoms with Crippen molar-refractivity contribution in [1.82, 2.24) is 0 Å².